The third kappa shape index (κ3) is 2.83. The summed E-state index contributed by atoms with van der Waals surface area (Å²) in [7, 11) is 0. The Labute approximate surface area is 137 Å². The van der Waals surface area contributed by atoms with Gasteiger partial charge in [-0.25, -0.2) is 9.97 Å². The Bertz CT molecular complexity index is 834. The quantitative estimate of drug-likeness (QED) is 0.768. The molecule has 0 unspecified atom stereocenters. The predicted molar refractivity (Wildman–Crippen MR) is 91.6 cm³/mol. The third-order valence-electron chi connectivity index (χ3n) is 3.41. The molecule has 1 aliphatic rings. The predicted octanol–water partition coefficient (Wildman–Crippen LogP) is 3.46. The fourth-order valence-electron chi connectivity index (χ4n) is 2.39. The normalized spacial score (nSPS) is 12.9. The van der Waals surface area contributed by atoms with Crippen molar-refractivity contribution in [1.29, 1.82) is 0 Å². The Hall–Kier alpha value is -2.67. The van der Waals surface area contributed by atoms with Gasteiger partial charge in [-0.15, -0.1) is 11.3 Å². The van der Waals surface area contributed by atoms with Crippen molar-refractivity contribution in [1.82, 2.24) is 15.0 Å². The van der Waals surface area contributed by atoms with E-state index in [9.17, 15) is 0 Å². The molecule has 2 N–H and O–H groups in total. The largest absolute Gasteiger partial charge is 0.486 e. The Balaban J connectivity index is 1.79. The number of ether oxygens (including phenoxy) is 1. The number of hydrogen-bond donors (Lipinski definition) is 2. The summed E-state index contributed by atoms with van der Waals surface area (Å²) in [5.41, 5.74) is 3.65. The summed E-state index contributed by atoms with van der Waals surface area (Å²) in [5.74, 6) is 1.49. The van der Waals surface area contributed by atoms with Crippen LogP contribution in [0.5, 0.6) is 5.75 Å². The maximum Gasteiger partial charge on any atom is 0.185 e. The number of nitrogens with zero attached hydrogens (tertiary/aromatic N) is 3. The number of nitrogens with one attached hydrogen (secondary N) is 2. The van der Waals surface area contributed by atoms with E-state index in [4.69, 9.17) is 4.74 Å². The van der Waals surface area contributed by atoms with Crippen LogP contribution in [0, 0.1) is 6.92 Å². The van der Waals surface area contributed by atoms with Crippen LogP contribution in [0.25, 0.3) is 10.7 Å². The Kier molecular flexibility index (Phi) is 3.55. The molecule has 0 fully saturated rings. The average molecular weight is 325 g/mol. The van der Waals surface area contributed by atoms with Gasteiger partial charge in [0.1, 0.15) is 17.3 Å². The van der Waals surface area contributed by atoms with Crippen molar-refractivity contribution in [3.05, 3.63) is 41.7 Å². The second-order valence-electron chi connectivity index (χ2n) is 5.16. The van der Waals surface area contributed by atoms with Crippen LogP contribution in [-0.4, -0.2) is 28.1 Å². The summed E-state index contributed by atoms with van der Waals surface area (Å²) in [6.45, 7) is 3.35. The van der Waals surface area contributed by atoms with Crippen LogP contribution >= 0.6 is 11.3 Å². The summed E-state index contributed by atoms with van der Waals surface area (Å²) in [6, 6.07) is 5.80. The average Bonchev–Trinajstić information content (AvgIpc) is 3.02. The standard InChI is InChI=1S/C16H15N5OS/c1-10-9-23-16(19-10)13-8-12(20-11-2-4-17-5-3-11)14-15(21-13)18-6-7-22-14/h2-5,8-9H,6-7H2,1H3,(H2,17,18,20,21). The molecule has 0 radical (unpaired) electrons. The molecule has 0 atom stereocenters. The molecule has 0 aliphatic carbocycles. The first-order chi connectivity index (χ1) is 11.3. The molecule has 1 aliphatic heterocycles. The summed E-state index contributed by atoms with van der Waals surface area (Å²) >= 11 is 1.59. The topological polar surface area (TPSA) is 72.0 Å². The smallest absolute Gasteiger partial charge is 0.185 e. The van der Waals surface area contributed by atoms with Crippen molar-refractivity contribution in [3.8, 4) is 16.5 Å². The van der Waals surface area contributed by atoms with Crippen molar-refractivity contribution in [3.63, 3.8) is 0 Å². The molecule has 6 nitrogen and oxygen atoms in total. The van der Waals surface area contributed by atoms with E-state index in [2.05, 4.69) is 25.6 Å². The van der Waals surface area contributed by atoms with Crippen molar-refractivity contribution in [2.24, 2.45) is 0 Å². The van der Waals surface area contributed by atoms with Gasteiger partial charge in [0.15, 0.2) is 11.6 Å². The van der Waals surface area contributed by atoms with Gasteiger partial charge in [0.25, 0.3) is 0 Å². The summed E-state index contributed by atoms with van der Waals surface area (Å²) < 4.78 is 5.80. The molecule has 4 rings (SSSR count). The van der Waals surface area contributed by atoms with Crippen LogP contribution < -0.4 is 15.4 Å². The van der Waals surface area contributed by atoms with Crippen LogP contribution in [-0.2, 0) is 0 Å². The van der Waals surface area contributed by atoms with E-state index in [0.717, 1.165) is 45.9 Å². The molecule has 7 heteroatoms. The van der Waals surface area contributed by atoms with Crippen LogP contribution in [0.2, 0.25) is 0 Å². The highest BCUT2D eigenvalue weighted by Crippen LogP contribution is 2.39. The van der Waals surface area contributed by atoms with Gasteiger partial charge in [-0.2, -0.15) is 0 Å². The Morgan fingerprint density at radius 1 is 1.26 bits per heavy atom. The second-order valence-corrected chi connectivity index (χ2v) is 6.02. The maximum atomic E-state index is 5.80. The molecule has 4 heterocycles. The lowest BCUT2D eigenvalue weighted by Crippen LogP contribution is -2.20. The molecule has 0 bridgehead atoms. The highest BCUT2D eigenvalue weighted by Gasteiger charge is 2.19. The molecular weight excluding hydrogens is 310 g/mol. The molecule has 3 aromatic heterocycles. The van der Waals surface area contributed by atoms with Gasteiger partial charge in [-0.1, -0.05) is 0 Å². The first-order valence-electron chi connectivity index (χ1n) is 7.31. The number of rotatable bonds is 3. The minimum absolute atomic E-state index is 0.620. The number of pyridine rings is 2. The first-order valence-corrected chi connectivity index (χ1v) is 8.19. The molecule has 0 saturated carbocycles. The number of aromatic nitrogens is 3. The maximum absolute atomic E-state index is 5.80. The molecular formula is C16H15N5OS. The molecule has 0 aromatic carbocycles. The number of fused-ring (bicyclic) bond motifs is 1. The molecule has 0 saturated heterocycles. The molecule has 0 spiro atoms. The van der Waals surface area contributed by atoms with Crippen molar-refractivity contribution in [2.75, 3.05) is 23.8 Å². The second kappa shape index (κ2) is 5.85. The molecule has 116 valence electrons. The number of anilines is 3. The minimum Gasteiger partial charge on any atom is -0.486 e. The Morgan fingerprint density at radius 2 is 2.13 bits per heavy atom. The van der Waals surface area contributed by atoms with E-state index in [1.807, 2.05) is 30.5 Å². The minimum atomic E-state index is 0.620. The fourth-order valence-corrected chi connectivity index (χ4v) is 3.14. The van der Waals surface area contributed by atoms with Gasteiger partial charge in [0, 0.05) is 29.2 Å². The van der Waals surface area contributed by atoms with E-state index in [1.165, 1.54) is 0 Å². The molecule has 0 amide bonds. The number of aryl methyl sites for hydroxylation is 1. The van der Waals surface area contributed by atoms with Crippen molar-refractivity contribution >= 4 is 28.5 Å². The van der Waals surface area contributed by atoms with Crippen molar-refractivity contribution in [2.45, 2.75) is 6.92 Å². The third-order valence-corrected chi connectivity index (χ3v) is 4.39. The van der Waals surface area contributed by atoms with Gasteiger partial charge in [-0.05, 0) is 25.1 Å². The summed E-state index contributed by atoms with van der Waals surface area (Å²) in [6.07, 6.45) is 3.50. The SMILES string of the molecule is Cc1csc(-c2cc(Nc3ccncc3)c3c(n2)NCCO3)n1. The zero-order chi connectivity index (χ0) is 15.6. The van der Waals surface area contributed by atoms with Gasteiger partial charge in [0.2, 0.25) is 0 Å². The van der Waals surface area contributed by atoms with Crippen LogP contribution in [0.15, 0.2) is 36.0 Å². The van der Waals surface area contributed by atoms with Gasteiger partial charge in [-0.3, -0.25) is 4.98 Å². The number of hydrogen-bond acceptors (Lipinski definition) is 7. The fraction of sp³-hybridized carbons (Fsp3) is 0.188. The van der Waals surface area contributed by atoms with Crippen molar-refractivity contribution < 1.29 is 4.74 Å². The van der Waals surface area contributed by atoms with E-state index >= 15 is 0 Å². The van der Waals surface area contributed by atoms with E-state index < -0.39 is 0 Å². The Morgan fingerprint density at radius 3 is 2.91 bits per heavy atom. The van der Waals surface area contributed by atoms with Crippen LogP contribution in [0.1, 0.15) is 5.69 Å². The monoisotopic (exact) mass is 325 g/mol. The lowest BCUT2D eigenvalue weighted by atomic mass is 10.2. The zero-order valence-electron chi connectivity index (χ0n) is 12.5. The molecule has 3 aromatic rings. The number of thiazole rings is 1. The molecule has 23 heavy (non-hydrogen) atoms. The van der Waals surface area contributed by atoms with Crippen LogP contribution in [0.4, 0.5) is 17.2 Å². The summed E-state index contributed by atoms with van der Waals surface area (Å²) in [5, 5.41) is 9.60. The highest BCUT2D eigenvalue weighted by atomic mass is 32.1. The highest BCUT2D eigenvalue weighted by molar-refractivity contribution is 7.13. The van der Waals surface area contributed by atoms with E-state index in [-0.39, 0.29) is 0 Å². The van der Waals surface area contributed by atoms with Gasteiger partial charge >= 0.3 is 0 Å². The van der Waals surface area contributed by atoms with Crippen LogP contribution in [0.3, 0.4) is 0 Å². The zero-order valence-corrected chi connectivity index (χ0v) is 13.4. The van der Waals surface area contributed by atoms with E-state index in [1.54, 1.807) is 23.7 Å². The van der Waals surface area contributed by atoms with Gasteiger partial charge < -0.3 is 15.4 Å². The lowest BCUT2D eigenvalue weighted by Gasteiger charge is -2.22. The van der Waals surface area contributed by atoms with E-state index in [0.29, 0.717) is 6.61 Å². The lowest BCUT2D eigenvalue weighted by molar-refractivity contribution is 0.323. The summed E-state index contributed by atoms with van der Waals surface area (Å²) in [4.78, 5) is 13.2. The van der Waals surface area contributed by atoms with Gasteiger partial charge in [0.05, 0.1) is 12.2 Å². The first kappa shape index (κ1) is 14.0.